The predicted octanol–water partition coefficient (Wildman–Crippen LogP) is 10.2. The Kier molecular flexibility index (Phi) is 29.0. The average Bonchev–Trinajstić information content (AvgIpc) is 2.80. The highest BCUT2D eigenvalue weighted by Gasteiger charge is 2.25. The van der Waals surface area contributed by atoms with Crippen LogP contribution in [-0.2, 0) is 14.3 Å². The molecule has 6 heteroatoms. The van der Waals surface area contributed by atoms with Crippen LogP contribution in [-0.4, -0.2) is 20.5 Å². The third-order valence-electron chi connectivity index (χ3n) is 6.59. The van der Waals surface area contributed by atoms with Crippen LogP contribution in [0, 0.1) is 0 Å². The molecule has 208 valence electrons. The summed E-state index contributed by atoms with van der Waals surface area (Å²) in [6, 6.07) is 0. The lowest BCUT2D eigenvalue weighted by molar-refractivity contribution is 0.270. The smallest absolute Gasteiger partial charge is 0.299 e. The Bertz CT molecular complexity index is 488. The van der Waals surface area contributed by atoms with Crippen LogP contribution in [0.2, 0.25) is 0 Å². The van der Waals surface area contributed by atoms with E-state index in [0.717, 1.165) is 25.7 Å². The highest BCUT2D eigenvalue weighted by molar-refractivity contribution is 7.87. The van der Waals surface area contributed by atoms with Gasteiger partial charge in [-0.2, -0.15) is 8.42 Å². The standard InChI is InChI=1S/C28H57FO3S.H3N/c1-3-5-7-9-11-13-14-15-16-17-18-19-21-23-25-27-32-33(30,31)28(29)26-24-22-20-12-10-8-6-4-2;/h28H,3-27H2,1-2H3;1H3. The Labute approximate surface area is 213 Å². The van der Waals surface area contributed by atoms with Crippen molar-refractivity contribution in [3.63, 3.8) is 0 Å². The second-order valence-electron chi connectivity index (χ2n) is 9.94. The van der Waals surface area contributed by atoms with Crippen molar-refractivity contribution >= 4 is 10.1 Å². The van der Waals surface area contributed by atoms with E-state index < -0.39 is 15.6 Å². The van der Waals surface area contributed by atoms with Gasteiger partial charge in [0.1, 0.15) is 0 Å². The van der Waals surface area contributed by atoms with Gasteiger partial charge in [-0.25, -0.2) is 4.39 Å². The lowest BCUT2D eigenvalue weighted by Gasteiger charge is -2.10. The molecule has 34 heavy (non-hydrogen) atoms. The van der Waals surface area contributed by atoms with Gasteiger partial charge in [0.05, 0.1) is 6.61 Å². The molecule has 4 nitrogen and oxygen atoms in total. The molecule has 1 atom stereocenters. The fourth-order valence-corrected chi connectivity index (χ4v) is 5.26. The van der Waals surface area contributed by atoms with Crippen LogP contribution >= 0.6 is 0 Å². The van der Waals surface area contributed by atoms with Crippen molar-refractivity contribution in [2.24, 2.45) is 0 Å². The number of halogens is 1. The molecule has 0 spiro atoms. The van der Waals surface area contributed by atoms with Crippen LogP contribution in [0.15, 0.2) is 0 Å². The minimum absolute atomic E-state index is 0. The van der Waals surface area contributed by atoms with E-state index in [4.69, 9.17) is 4.18 Å². The molecule has 0 saturated heterocycles. The number of hydrogen-bond donors (Lipinski definition) is 1. The molecule has 0 bridgehead atoms. The van der Waals surface area contributed by atoms with Crippen molar-refractivity contribution in [1.29, 1.82) is 0 Å². The third kappa shape index (κ3) is 24.9. The number of unbranched alkanes of at least 4 members (excludes halogenated alkanes) is 21. The molecule has 0 aromatic carbocycles. The largest absolute Gasteiger partial charge is 0.344 e. The van der Waals surface area contributed by atoms with Crippen molar-refractivity contribution in [2.45, 2.75) is 173 Å². The van der Waals surface area contributed by atoms with Crippen LogP contribution in [0.5, 0.6) is 0 Å². The van der Waals surface area contributed by atoms with E-state index in [1.165, 1.54) is 109 Å². The maximum Gasteiger partial charge on any atom is 0.299 e. The summed E-state index contributed by atoms with van der Waals surface area (Å²) in [5.41, 5.74) is -1.87. The van der Waals surface area contributed by atoms with Crippen molar-refractivity contribution in [1.82, 2.24) is 6.15 Å². The summed E-state index contributed by atoms with van der Waals surface area (Å²) in [5.74, 6) is 0. The first kappa shape index (κ1) is 36.0. The molecule has 0 aliphatic heterocycles. The van der Waals surface area contributed by atoms with Gasteiger partial charge in [-0.15, -0.1) is 0 Å². The first-order valence-electron chi connectivity index (χ1n) is 14.6. The maximum atomic E-state index is 14.0. The third-order valence-corrected chi connectivity index (χ3v) is 7.95. The molecule has 0 aromatic heterocycles. The van der Waals surface area contributed by atoms with Crippen LogP contribution in [0.25, 0.3) is 0 Å². The molecule has 0 aliphatic carbocycles. The number of hydrogen-bond acceptors (Lipinski definition) is 4. The molecular weight excluding hydrogens is 449 g/mol. The first-order valence-corrected chi connectivity index (χ1v) is 16.0. The Morgan fingerprint density at radius 2 is 0.824 bits per heavy atom. The molecule has 0 radical (unpaired) electrons. The van der Waals surface area contributed by atoms with E-state index in [-0.39, 0.29) is 19.2 Å². The van der Waals surface area contributed by atoms with E-state index >= 15 is 0 Å². The van der Waals surface area contributed by atoms with Gasteiger partial charge < -0.3 is 6.15 Å². The minimum Gasteiger partial charge on any atom is -0.344 e. The summed E-state index contributed by atoms with van der Waals surface area (Å²) in [7, 11) is -4.05. The molecular formula is C28H60FNO3S. The normalized spacial score (nSPS) is 12.6. The highest BCUT2D eigenvalue weighted by atomic mass is 32.2. The zero-order valence-electron chi connectivity index (χ0n) is 23.0. The van der Waals surface area contributed by atoms with Crippen LogP contribution < -0.4 is 6.15 Å². The van der Waals surface area contributed by atoms with E-state index in [2.05, 4.69) is 13.8 Å². The Balaban J connectivity index is 0. The first-order chi connectivity index (χ1) is 16.0. The fraction of sp³-hybridized carbons (Fsp3) is 1.00. The molecule has 0 aliphatic rings. The summed E-state index contributed by atoms with van der Waals surface area (Å²) >= 11 is 0. The SMILES string of the molecule is CCCCCCCCCCCCCCCCCOS(=O)(=O)C(F)CCCCCCCCCC.N. The summed E-state index contributed by atoms with van der Waals surface area (Å²) in [6.07, 6.45) is 27.8. The lowest BCUT2D eigenvalue weighted by atomic mass is 10.0. The quantitative estimate of drug-likeness (QED) is 0.0882. The van der Waals surface area contributed by atoms with E-state index in [9.17, 15) is 12.8 Å². The van der Waals surface area contributed by atoms with Crippen LogP contribution in [0.3, 0.4) is 0 Å². The zero-order valence-corrected chi connectivity index (χ0v) is 23.8. The Hall–Kier alpha value is -0.200. The van der Waals surface area contributed by atoms with Crippen molar-refractivity contribution in [2.75, 3.05) is 6.61 Å². The average molecular weight is 510 g/mol. The summed E-state index contributed by atoms with van der Waals surface area (Å²) < 4.78 is 42.8. The molecule has 0 rings (SSSR count). The van der Waals surface area contributed by atoms with E-state index in [1.807, 2.05) is 0 Å². The fourth-order valence-electron chi connectivity index (χ4n) is 4.31. The Morgan fingerprint density at radius 3 is 1.18 bits per heavy atom. The van der Waals surface area contributed by atoms with Gasteiger partial charge in [0.15, 0.2) is 0 Å². The van der Waals surface area contributed by atoms with Gasteiger partial charge >= 0.3 is 0 Å². The van der Waals surface area contributed by atoms with E-state index in [0.29, 0.717) is 12.8 Å². The number of rotatable bonds is 27. The van der Waals surface area contributed by atoms with Gasteiger partial charge in [-0.3, -0.25) is 4.18 Å². The number of alkyl halides is 1. The molecule has 0 aromatic rings. The van der Waals surface area contributed by atoms with Gasteiger partial charge in [0, 0.05) is 0 Å². The molecule has 0 saturated carbocycles. The molecule has 0 heterocycles. The van der Waals surface area contributed by atoms with Gasteiger partial charge in [-0.05, 0) is 19.3 Å². The summed E-state index contributed by atoms with van der Waals surface area (Å²) in [5, 5.41) is 0. The monoisotopic (exact) mass is 509 g/mol. The molecule has 3 N–H and O–H groups in total. The van der Waals surface area contributed by atoms with Gasteiger partial charge in [-0.1, -0.05) is 149 Å². The highest BCUT2D eigenvalue weighted by Crippen LogP contribution is 2.17. The molecule has 1 unspecified atom stereocenters. The topological polar surface area (TPSA) is 78.4 Å². The van der Waals surface area contributed by atoms with Crippen molar-refractivity contribution in [3.05, 3.63) is 0 Å². The van der Waals surface area contributed by atoms with Crippen LogP contribution in [0.4, 0.5) is 4.39 Å². The van der Waals surface area contributed by atoms with Crippen molar-refractivity contribution < 1.29 is 17.0 Å². The summed E-state index contributed by atoms with van der Waals surface area (Å²) in [6.45, 7) is 4.58. The second kappa shape index (κ2) is 27.4. The zero-order chi connectivity index (χ0) is 24.5. The maximum absolute atomic E-state index is 14.0. The van der Waals surface area contributed by atoms with Crippen LogP contribution in [0.1, 0.15) is 168 Å². The predicted molar refractivity (Wildman–Crippen MR) is 147 cm³/mol. The Morgan fingerprint density at radius 1 is 0.529 bits per heavy atom. The minimum atomic E-state index is -4.05. The molecule has 0 fully saturated rings. The molecule has 0 amide bonds. The summed E-state index contributed by atoms with van der Waals surface area (Å²) in [4.78, 5) is 0. The van der Waals surface area contributed by atoms with Gasteiger partial charge in [0.25, 0.3) is 10.1 Å². The van der Waals surface area contributed by atoms with Gasteiger partial charge in [0.2, 0.25) is 5.50 Å². The second-order valence-corrected chi connectivity index (χ2v) is 11.7. The van der Waals surface area contributed by atoms with E-state index in [1.54, 1.807) is 0 Å². The lowest BCUT2D eigenvalue weighted by Crippen LogP contribution is -2.19. The van der Waals surface area contributed by atoms with Crippen molar-refractivity contribution in [3.8, 4) is 0 Å².